The Morgan fingerprint density at radius 3 is 2.83 bits per heavy atom. The maximum Gasteiger partial charge on any atom is 0.0502 e. The lowest BCUT2D eigenvalue weighted by Gasteiger charge is -1.97. The first-order chi connectivity index (χ1) is 5.70. The molecule has 0 aliphatic heterocycles. The van der Waals surface area contributed by atoms with E-state index in [-0.39, 0.29) is 0 Å². The molecule has 0 saturated heterocycles. The van der Waals surface area contributed by atoms with Gasteiger partial charge >= 0.3 is 0 Å². The summed E-state index contributed by atoms with van der Waals surface area (Å²) in [7, 11) is 0. The summed E-state index contributed by atoms with van der Waals surface area (Å²) in [6.07, 6.45) is 0. The molecular formula is C9H6BrClS. The van der Waals surface area contributed by atoms with E-state index in [1.54, 1.807) is 11.3 Å². The van der Waals surface area contributed by atoms with Crippen LogP contribution in [0.15, 0.2) is 22.0 Å². The molecule has 0 amide bonds. The second-order valence-electron chi connectivity index (χ2n) is 2.65. The lowest BCUT2D eigenvalue weighted by atomic mass is 10.2. The summed E-state index contributed by atoms with van der Waals surface area (Å²) < 4.78 is 2.36. The third-order valence-electron chi connectivity index (χ3n) is 1.81. The molecule has 0 nitrogen and oxygen atoms in total. The third-order valence-corrected chi connectivity index (χ3v) is 4.18. The van der Waals surface area contributed by atoms with Crippen LogP contribution in [0.4, 0.5) is 0 Å². The van der Waals surface area contributed by atoms with E-state index in [4.69, 9.17) is 11.6 Å². The predicted octanol–water partition coefficient (Wildman–Crippen LogP) is 4.63. The molecule has 0 saturated carbocycles. The van der Waals surface area contributed by atoms with Crippen molar-refractivity contribution in [2.24, 2.45) is 0 Å². The number of rotatable bonds is 0. The Kier molecular flexibility index (Phi) is 2.15. The highest BCUT2D eigenvalue weighted by molar-refractivity contribution is 9.10. The highest BCUT2D eigenvalue weighted by Gasteiger charge is 2.06. The van der Waals surface area contributed by atoms with Crippen LogP contribution in [0.2, 0.25) is 5.02 Å². The van der Waals surface area contributed by atoms with E-state index in [9.17, 15) is 0 Å². The van der Waals surface area contributed by atoms with Gasteiger partial charge in [0, 0.05) is 14.9 Å². The number of halogens is 2. The summed E-state index contributed by atoms with van der Waals surface area (Å²) in [6.45, 7) is 2.08. The summed E-state index contributed by atoms with van der Waals surface area (Å²) in [5.41, 5.74) is 1.25. The van der Waals surface area contributed by atoms with Gasteiger partial charge in [0.15, 0.2) is 0 Å². The van der Waals surface area contributed by atoms with Gasteiger partial charge in [0.05, 0.1) is 4.70 Å². The molecule has 0 atom stereocenters. The molecule has 0 aliphatic carbocycles. The molecule has 0 fully saturated rings. The van der Waals surface area contributed by atoms with Crippen molar-refractivity contribution < 1.29 is 0 Å². The first-order valence-electron chi connectivity index (χ1n) is 3.52. The molecular weight excluding hydrogens is 256 g/mol. The smallest absolute Gasteiger partial charge is 0.0502 e. The van der Waals surface area contributed by atoms with Crippen LogP contribution in [0.5, 0.6) is 0 Å². The normalized spacial score (nSPS) is 10.9. The van der Waals surface area contributed by atoms with E-state index in [0.717, 1.165) is 9.50 Å². The largest absolute Gasteiger partial charge is 0.142 e. The Morgan fingerprint density at radius 1 is 1.42 bits per heavy atom. The van der Waals surface area contributed by atoms with Crippen molar-refractivity contribution in [3.05, 3.63) is 32.6 Å². The molecule has 0 N–H and O–H groups in total. The number of hydrogen-bond acceptors (Lipinski definition) is 1. The van der Waals surface area contributed by atoms with Gasteiger partial charge in [-0.1, -0.05) is 11.6 Å². The van der Waals surface area contributed by atoms with E-state index in [1.165, 1.54) is 15.6 Å². The van der Waals surface area contributed by atoms with E-state index >= 15 is 0 Å². The molecule has 0 radical (unpaired) electrons. The van der Waals surface area contributed by atoms with Gasteiger partial charge in [-0.15, -0.1) is 11.3 Å². The topological polar surface area (TPSA) is 0 Å². The number of hydrogen-bond donors (Lipinski definition) is 0. The van der Waals surface area contributed by atoms with E-state index in [1.807, 2.05) is 12.1 Å². The van der Waals surface area contributed by atoms with Crippen LogP contribution >= 0.6 is 38.9 Å². The Hall–Kier alpha value is -0.0500. The number of benzene rings is 1. The van der Waals surface area contributed by atoms with Gasteiger partial charge < -0.3 is 0 Å². The molecule has 62 valence electrons. The molecule has 0 aliphatic rings. The standard InChI is InChI=1S/C9H6BrClS/c1-5-4-12-9-6(10)2-3-7(11)8(5)9/h2-4H,1H3. The summed E-state index contributed by atoms with van der Waals surface area (Å²) in [4.78, 5) is 0. The second-order valence-corrected chi connectivity index (χ2v) is 4.79. The summed E-state index contributed by atoms with van der Waals surface area (Å²) in [6, 6.07) is 3.91. The van der Waals surface area contributed by atoms with Gasteiger partial charge in [-0.2, -0.15) is 0 Å². The van der Waals surface area contributed by atoms with Gasteiger partial charge in [-0.25, -0.2) is 0 Å². The van der Waals surface area contributed by atoms with Crippen molar-refractivity contribution in [3.63, 3.8) is 0 Å². The minimum absolute atomic E-state index is 0.840. The van der Waals surface area contributed by atoms with Crippen LogP contribution in [0, 0.1) is 6.92 Å². The summed E-state index contributed by atoms with van der Waals surface area (Å²) >= 11 is 11.3. The first kappa shape index (κ1) is 8.54. The average molecular weight is 262 g/mol. The zero-order valence-corrected chi connectivity index (χ0v) is 9.55. The lowest BCUT2D eigenvalue weighted by molar-refractivity contribution is 1.59. The quantitative estimate of drug-likeness (QED) is 0.649. The molecule has 0 spiro atoms. The zero-order valence-electron chi connectivity index (χ0n) is 6.40. The van der Waals surface area contributed by atoms with Gasteiger partial charge in [0.25, 0.3) is 0 Å². The fourth-order valence-corrected chi connectivity index (χ4v) is 3.18. The van der Waals surface area contributed by atoms with Crippen LogP contribution in [0.1, 0.15) is 5.56 Å². The molecule has 1 heterocycles. The van der Waals surface area contributed by atoms with Crippen LogP contribution in [0.3, 0.4) is 0 Å². The zero-order chi connectivity index (χ0) is 8.72. The SMILES string of the molecule is Cc1csc2c(Br)ccc(Cl)c12. The molecule has 3 heteroatoms. The molecule has 2 aromatic rings. The molecule has 1 aromatic heterocycles. The lowest BCUT2D eigenvalue weighted by Crippen LogP contribution is -1.71. The molecule has 2 rings (SSSR count). The fraction of sp³-hybridized carbons (Fsp3) is 0.111. The van der Waals surface area contributed by atoms with E-state index < -0.39 is 0 Å². The van der Waals surface area contributed by atoms with Gasteiger partial charge in [-0.05, 0) is 45.9 Å². The number of aryl methyl sites for hydroxylation is 1. The third kappa shape index (κ3) is 1.18. The Balaban J connectivity index is 2.98. The fourth-order valence-electron chi connectivity index (χ4n) is 1.22. The second kappa shape index (κ2) is 3.02. The van der Waals surface area contributed by atoms with Crippen molar-refractivity contribution >= 4 is 49.0 Å². The average Bonchev–Trinajstić information content (AvgIpc) is 2.42. The highest BCUT2D eigenvalue weighted by Crippen LogP contribution is 2.36. The van der Waals surface area contributed by atoms with Crippen LogP contribution in [0.25, 0.3) is 10.1 Å². The number of fused-ring (bicyclic) bond motifs is 1. The predicted molar refractivity (Wildman–Crippen MR) is 59.3 cm³/mol. The monoisotopic (exact) mass is 260 g/mol. The molecule has 12 heavy (non-hydrogen) atoms. The van der Waals surface area contributed by atoms with E-state index in [2.05, 4.69) is 28.2 Å². The van der Waals surface area contributed by atoms with Crippen LogP contribution in [-0.4, -0.2) is 0 Å². The van der Waals surface area contributed by atoms with Crippen molar-refractivity contribution in [1.82, 2.24) is 0 Å². The summed E-state index contributed by atoms with van der Waals surface area (Å²) in [5, 5.41) is 4.14. The van der Waals surface area contributed by atoms with Crippen LogP contribution in [-0.2, 0) is 0 Å². The molecule has 1 aromatic carbocycles. The Labute approximate surface area is 88.3 Å². The molecule has 0 bridgehead atoms. The minimum atomic E-state index is 0.840. The number of thiophene rings is 1. The maximum absolute atomic E-state index is 6.06. The van der Waals surface area contributed by atoms with Crippen molar-refractivity contribution in [2.75, 3.05) is 0 Å². The van der Waals surface area contributed by atoms with Gasteiger partial charge in [0.2, 0.25) is 0 Å². The van der Waals surface area contributed by atoms with Crippen LogP contribution < -0.4 is 0 Å². The minimum Gasteiger partial charge on any atom is -0.142 e. The Bertz CT molecular complexity index is 433. The van der Waals surface area contributed by atoms with Gasteiger partial charge in [-0.3, -0.25) is 0 Å². The van der Waals surface area contributed by atoms with E-state index in [0.29, 0.717) is 0 Å². The van der Waals surface area contributed by atoms with Crippen molar-refractivity contribution in [3.8, 4) is 0 Å². The molecule has 0 unspecified atom stereocenters. The highest BCUT2D eigenvalue weighted by atomic mass is 79.9. The maximum atomic E-state index is 6.06. The van der Waals surface area contributed by atoms with Gasteiger partial charge in [0.1, 0.15) is 0 Å². The van der Waals surface area contributed by atoms with Crippen molar-refractivity contribution in [1.29, 1.82) is 0 Å². The Morgan fingerprint density at radius 2 is 2.17 bits per heavy atom. The van der Waals surface area contributed by atoms with Crippen molar-refractivity contribution in [2.45, 2.75) is 6.92 Å². The first-order valence-corrected chi connectivity index (χ1v) is 5.57. The summed E-state index contributed by atoms with van der Waals surface area (Å²) in [5.74, 6) is 0.